The Morgan fingerprint density at radius 3 is 2.62 bits per heavy atom. The molecule has 0 aromatic heterocycles. The van der Waals surface area contributed by atoms with Crippen molar-refractivity contribution in [1.29, 1.82) is 0 Å². The van der Waals surface area contributed by atoms with Gasteiger partial charge in [0.05, 0.1) is 6.61 Å². The van der Waals surface area contributed by atoms with Crippen LogP contribution in [-0.2, 0) is 15.6 Å². The van der Waals surface area contributed by atoms with E-state index in [0.717, 1.165) is 12.8 Å². The quantitative estimate of drug-likeness (QED) is 0.746. The fraction of sp³-hybridized carbons (Fsp3) is 0.909. The molecule has 0 aromatic carbocycles. The maximum absolute atomic E-state index is 11.7. The average Bonchev–Trinajstić information content (AvgIpc) is 2.29. The molecule has 0 spiro atoms. The predicted molar refractivity (Wildman–Crippen MR) is 64.6 cm³/mol. The summed E-state index contributed by atoms with van der Waals surface area (Å²) in [5, 5.41) is 11.1. The number of hydrogen-bond acceptors (Lipinski definition) is 3. The van der Waals surface area contributed by atoms with Crippen molar-refractivity contribution in [3.05, 3.63) is 0 Å². The summed E-state index contributed by atoms with van der Waals surface area (Å²) in [6.07, 6.45) is 5.65. The summed E-state index contributed by atoms with van der Waals surface area (Å²) in [5.41, 5.74) is 0. The summed E-state index contributed by atoms with van der Waals surface area (Å²) in [5.74, 6) is 0.0397. The van der Waals surface area contributed by atoms with Crippen molar-refractivity contribution in [2.24, 2.45) is 0 Å². The third-order valence-corrected chi connectivity index (χ3v) is 4.60. The maximum Gasteiger partial charge on any atom is 0.235 e. The summed E-state index contributed by atoms with van der Waals surface area (Å²) in [6.45, 7) is 1.53. The Kier molecular flexibility index (Phi) is 5.98. The lowest BCUT2D eigenvalue weighted by Crippen LogP contribution is -2.43. The molecular weight excluding hydrogens is 226 g/mol. The second kappa shape index (κ2) is 7.01. The van der Waals surface area contributed by atoms with Gasteiger partial charge >= 0.3 is 0 Å². The standard InChI is InChI=1S/C11H21NO3S/c1-9(16(15)8-7-13)11(14)12-10-5-3-2-4-6-10/h9-10,13H,2-8H2,1H3,(H,12,14)/t9-,16+/m1/s1. The van der Waals surface area contributed by atoms with Crippen molar-refractivity contribution in [2.75, 3.05) is 12.4 Å². The van der Waals surface area contributed by atoms with E-state index in [-0.39, 0.29) is 24.3 Å². The van der Waals surface area contributed by atoms with Crippen LogP contribution in [0.3, 0.4) is 0 Å². The first-order chi connectivity index (χ1) is 7.65. The van der Waals surface area contributed by atoms with E-state index in [9.17, 15) is 9.00 Å². The molecule has 0 heterocycles. The van der Waals surface area contributed by atoms with E-state index >= 15 is 0 Å². The van der Waals surface area contributed by atoms with Gasteiger partial charge in [0, 0.05) is 22.6 Å². The predicted octanol–water partition coefficient (Wildman–Crippen LogP) is 0.565. The van der Waals surface area contributed by atoms with Gasteiger partial charge in [-0.05, 0) is 19.8 Å². The van der Waals surface area contributed by atoms with Crippen LogP contribution in [0.5, 0.6) is 0 Å². The SMILES string of the molecule is C[C@H](C(=O)NC1CCCCC1)[S@@](=O)CCO. The molecule has 1 saturated carbocycles. The zero-order valence-electron chi connectivity index (χ0n) is 9.78. The fourth-order valence-electron chi connectivity index (χ4n) is 1.95. The lowest BCUT2D eigenvalue weighted by molar-refractivity contribution is -0.121. The van der Waals surface area contributed by atoms with Crippen molar-refractivity contribution < 1.29 is 14.1 Å². The molecule has 1 fully saturated rings. The Hall–Kier alpha value is -0.420. The smallest absolute Gasteiger partial charge is 0.235 e. The molecule has 0 unspecified atom stereocenters. The Bertz CT molecular complexity index is 252. The molecule has 4 nitrogen and oxygen atoms in total. The van der Waals surface area contributed by atoms with Crippen LogP contribution in [0.25, 0.3) is 0 Å². The molecule has 0 radical (unpaired) electrons. The van der Waals surface area contributed by atoms with E-state index in [1.165, 1.54) is 19.3 Å². The van der Waals surface area contributed by atoms with Gasteiger partial charge < -0.3 is 10.4 Å². The van der Waals surface area contributed by atoms with Crippen LogP contribution in [0.4, 0.5) is 0 Å². The van der Waals surface area contributed by atoms with Gasteiger partial charge in [0.15, 0.2) is 0 Å². The molecule has 16 heavy (non-hydrogen) atoms. The summed E-state index contributed by atoms with van der Waals surface area (Å²) in [7, 11) is -1.26. The van der Waals surface area contributed by atoms with Crippen LogP contribution in [-0.4, -0.2) is 38.9 Å². The van der Waals surface area contributed by atoms with Crippen LogP contribution in [0.15, 0.2) is 0 Å². The number of carbonyl (C=O) groups excluding carboxylic acids is 1. The van der Waals surface area contributed by atoms with E-state index in [1.807, 2.05) is 0 Å². The van der Waals surface area contributed by atoms with E-state index < -0.39 is 16.0 Å². The van der Waals surface area contributed by atoms with Crippen molar-refractivity contribution in [2.45, 2.75) is 50.3 Å². The highest BCUT2D eigenvalue weighted by Gasteiger charge is 2.23. The first-order valence-electron chi connectivity index (χ1n) is 5.93. The molecule has 0 saturated heterocycles. The van der Waals surface area contributed by atoms with Gasteiger partial charge in [-0.3, -0.25) is 9.00 Å². The monoisotopic (exact) mass is 247 g/mol. The van der Waals surface area contributed by atoms with Crippen molar-refractivity contribution in [3.8, 4) is 0 Å². The number of aliphatic hydroxyl groups excluding tert-OH is 1. The minimum atomic E-state index is -1.26. The minimum Gasteiger partial charge on any atom is -0.395 e. The molecule has 1 amide bonds. The van der Waals surface area contributed by atoms with Gasteiger partial charge in [0.1, 0.15) is 5.25 Å². The Labute approximate surface area is 99.3 Å². The second-order valence-electron chi connectivity index (χ2n) is 4.29. The average molecular weight is 247 g/mol. The van der Waals surface area contributed by atoms with Crippen molar-refractivity contribution in [3.63, 3.8) is 0 Å². The first kappa shape index (κ1) is 13.6. The van der Waals surface area contributed by atoms with Gasteiger partial charge in [-0.1, -0.05) is 19.3 Å². The highest BCUT2D eigenvalue weighted by molar-refractivity contribution is 7.86. The van der Waals surface area contributed by atoms with Crippen molar-refractivity contribution >= 4 is 16.7 Å². The minimum absolute atomic E-state index is 0.131. The lowest BCUT2D eigenvalue weighted by Gasteiger charge is -2.24. The Balaban J connectivity index is 2.35. The first-order valence-corrected chi connectivity index (χ1v) is 7.31. The summed E-state index contributed by atoms with van der Waals surface area (Å²) in [4.78, 5) is 11.7. The van der Waals surface area contributed by atoms with E-state index in [4.69, 9.17) is 5.11 Å². The zero-order valence-corrected chi connectivity index (χ0v) is 10.6. The number of rotatable bonds is 5. The van der Waals surface area contributed by atoms with Crippen molar-refractivity contribution in [1.82, 2.24) is 5.32 Å². The molecule has 94 valence electrons. The number of hydrogen-bond donors (Lipinski definition) is 2. The van der Waals surface area contributed by atoms with Gasteiger partial charge in [0.25, 0.3) is 0 Å². The van der Waals surface area contributed by atoms with Crippen LogP contribution in [0.2, 0.25) is 0 Å². The van der Waals surface area contributed by atoms with Crippen LogP contribution in [0, 0.1) is 0 Å². The topological polar surface area (TPSA) is 66.4 Å². The number of nitrogens with one attached hydrogen (secondary N) is 1. The van der Waals surface area contributed by atoms with Crippen LogP contribution >= 0.6 is 0 Å². The molecule has 5 heteroatoms. The maximum atomic E-state index is 11.7. The Morgan fingerprint density at radius 2 is 2.06 bits per heavy atom. The van der Waals surface area contributed by atoms with Crippen LogP contribution < -0.4 is 5.32 Å². The largest absolute Gasteiger partial charge is 0.395 e. The molecule has 1 aliphatic rings. The van der Waals surface area contributed by atoms with E-state index in [0.29, 0.717) is 0 Å². The lowest BCUT2D eigenvalue weighted by atomic mass is 9.95. The molecule has 2 N–H and O–H groups in total. The van der Waals surface area contributed by atoms with Gasteiger partial charge in [0.2, 0.25) is 5.91 Å². The fourth-order valence-corrected chi connectivity index (χ4v) is 2.79. The second-order valence-corrected chi connectivity index (χ2v) is 6.17. The highest BCUT2D eigenvalue weighted by atomic mass is 32.2. The van der Waals surface area contributed by atoms with E-state index in [2.05, 4.69) is 5.32 Å². The molecule has 1 aliphatic carbocycles. The number of aliphatic hydroxyl groups is 1. The van der Waals surface area contributed by atoms with Gasteiger partial charge in [-0.2, -0.15) is 0 Å². The number of carbonyl (C=O) groups is 1. The van der Waals surface area contributed by atoms with Gasteiger partial charge in [-0.25, -0.2) is 0 Å². The normalized spacial score (nSPS) is 21.4. The third kappa shape index (κ3) is 4.22. The third-order valence-electron chi connectivity index (χ3n) is 3.01. The number of amides is 1. The van der Waals surface area contributed by atoms with Gasteiger partial charge in [-0.15, -0.1) is 0 Å². The zero-order chi connectivity index (χ0) is 12.0. The van der Waals surface area contributed by atoms with E-state index in [1.54, 1.807) is 6.92 Å². The van der Waals surface area contributed by atoms with Crippen LogP contribution in [0.1, 0.15) is 39.0 Å². The molecule has 1 rings (SSSR count). The highest BCUT2D eigenvalue weighted by Crippen LogP contribution is 2.17. The molecule has 0 aromatic rings. The molecule has 0 bridgehead atoms. The summed E-state index contributed by atoms with van der Waals surface area (Å²) in [6, 6.07) is 0.259. The molecular formula is C11H21NO3S. The summed E-state index contributed by atoms with van der Waals surface area (Å²) < 4.78 is 11.5. The Morgan fingerprint density at radius 1 is 1.44 bits per heavy atom. The summed E-state index contributed by atoms with van der Waals surface area (Å²) >= 11 is 0. The molecule has 2 atom stereocenters. The molecule has 0 aliphatic heterocycles.